The molecule has 0 atom stereocenters. The van der Waals surface area contributed by atoms with Crippen molar-refractivity contribution >= 4 is 16.0 Å². The molecular formula is C26H35NO7S. The van der Waals surface area contributed by atoms with Gasteiger partial charge in [-0.3, -0.25) is 4.79 Å². The minimum Gasteiger partial charge on any atom is -0.493 e. The highest BCUT2D eigenvalue weighted by atomic mass is 32.2. The molecule has 0 aliphatic carbocycles. The molecule has 0 amide bonds. The summed E-state index contributed by atoms with van der Waals surface area (Å²) in [6.07, 6.45) is 1.22. The van der Waals surface area contributed by atoms with Crippen LogP contribution in [0.15, 0.2) is 42.5 Å². The Balaban J connectivity index is 2.04. The lowest BCUT2D eigenvalue weighted by molar-refractivity contribution is -0.143. The maximum absolute atomic E-state index is 13.5. The van der Waals surface area contributed by atoms with Gasteiger partial charge in [0.05, 0.1) is 32.2 Å². The van der Waals surface area contributed by atoms with E-state index in [1.165, 1.54) is 4.31 Å². The number of hydrogen-bond acceptors (Lipinski definition) is 7. The minimum absolute atomic E-state index is 0.183. The van der Waals surface area contributed by atoms with Crippen LogP contribution in [0.25, 0.3) is 11.1 Å². The van der Waals surface area contributed by atoms with Crippen molar-refractivity contribution in [3.63, 3.8) is 0 Å². The topological polar surface area (TPSA) is 91.4 Å². The second-order valence-corrected chi connectivity index (χ2v) is 10.2. The van der Waals surface area contributed by atoms with E-state index in [4.69, 9.17) is 18.9 Å². The first kappa shape index (κ1) is 27.1. The van der Waals surface area contributed by atoms with Crippen LogP contribution in [-0.2, 0) is 41.2 Å². The number of morpholine rings is 1. The number of rotatable bonds is 13. The molecule has 3 rings (SSSR count). The fourth-order valence-electron chi connectivity index (χ4n) is 4.03. The van der Waals surface area contributed by atoms with Gasteiger partial charge in [0.25, 0.3) is 0 Å². The second-order valence-electron chi connectivity index (χ2n) is 8.21. The monoisotopic (exact) mass is 505 g/mol. The molecular weight excluding hydrogens is 470 g/mol. The number of aryl methyl sites for hydroxylation is 1. The molecule has 1 saturated heterocycles. The normalized spacial score (nSPS) is 14.6. The van der Waals surface area contributed by atoms with E-state index in [0.717, 1.165) is 16.7 Å². The van der Waals surface area contributed by atoms with Crippen LogP contribution in [-0.4, -0.2) is 71.9 Å². The van der Waals surface area contributed by atoms with E-state index in [0.29, 0.717) is 70.3 Å². The van der Waals surface area contributed by atoms with Gasteiger partial charge in [-0.25, -0.2) is 8.42 Å². The maximum atomic E-state index is 13.5. The fourth-order valence-corrected chi connectivity index (χ4v) is 5.57. The molecule has 0 unspecified atom stereocenters. The first-order valence-electron chi connectivity index (χ1n) is 12.0. The molecule has 1 aliphatic rings. The van der Waals surface area contributed by atoms with E-state index in [-0.39, 0.29) is 18.1 Å². The standard InChI is InChI=1S/C26H35NO7S/c1-3-33-25(28)13-11-22-10-12-23(21-8-5-4-6-9-21)24(26(22)34-17-7-16-31-2)20-35(29,30)27-14-18-32-19-15-27/h4-6,8-10,12H,3,7,11,13-20H2,1-2H3. The van der Waals surface area contributed by atoms with E-state index in [1.807, 2.05) is 42.5 Å². The Kier molecular flexibility index (Phi) is 10.5. The third-order valence-electron chi connectivity index (χ3n) is 5.76. The van der Waals surface area contributed by atoms with Gasteiger partial charge in [0.2, 0.25) is 10.0 Å². The zero-order valence-corrected chi connectivity index (χ0v) is 21.3. The predicted octanol–water partition coefficient (Wildman–Crippen LogP) is 3.43. The summed E-state index contributed by atoms with van der Waals surface area (Å²) in [6, 6.07) is 13.5. The fraction of sp³-hybridized carbons (Fsp3) is 0.500. The van der Waals surface area contributed by atoms with Crippen molar-refractivity contribution < 1.29 is 32.2 Å². The second kappa shape index (κ2) is 13.6. The van der Waals surface area contributed by atoms with Crippen LogP contribution in [0.4, 0.5) is 0 Å². The largest absolute Gasteiger partial charge is 0.493 e. The summed E-state index contributed by atoms with van der Waals surface area (Å²) < 4.78 is 50.2. The lowest BCUT2D eigenvalue weighted by atomic mass is 9.95. The molecule has 2 aromatic carbocycles. The van der Waals surface area contributed by atoms with Gasteiger partial charge in [-0.2, -0.15) is 4.31 Å². The van der Waals surface area contributed by atoms with Gasteiger partial charge in [-0.1, -0.05) is 42.5 Å². The molecule has 192 valence electrons. The average Bonchev–Trinajstić information content (AvgIpc) is 2.87. The number of benzene rings is 2. The van der Waals surface area contributed by atoms with Crippen molar-refractivity contribution in [3.8, 4) is 16.9 Å². The highest BCUT2D eigenvalue weighted by Gasteiger charge is 2.28. The number of hydrogen-bond donors (Lipinski definition) is 0. The number of methoxy groups -OCH3 is 1. The molecule has 9 heteroatoms. The molecule has 0 spiro atoms. The summed E-state index contributed by atoms with van der Waals surface area (Å²) in [4.78, 5) is 12.0. The summed E-state index contributed by atoms with van der Waals surface area (Å²) >= 11 is 0. The zero-order chi connectivity index (χ0) is 25.1. The van der Waals surface area contributed by atoms with Gasteiger partial charge >= 0.3 is 5.97 Å². The molecule has 0 aromatic heterocycles. The Hall–Kier alpha value is -2.46. The quantitative estimate of drug-likeness (QED) is 0.304. The van der Waals surface area contributed by atoms with Crippen LogP contribution in [0.3, 0.4) is 0 Å². The lowest BCUT2D eigenvalue weighted by Gasteiger charge is -2.27. The molecule has 0 N–H and O–H groups in total. The van der Waals surface area contributed by atoms with Gasteiger partial charge < -0.3 is 18.9 Å². The third-order valence-corrected chi connectivity index (χ3v) is 7.57. The van der Waals surface area contributed by atoms with Crippen molar-refractivity contribution in [1.29, 1.82) is 0 Å². The van der Waals surface area contributed by atoms with Gasteiger partial charge in [-0.15, -0.1) is 0 Å². The summed E-state index contributed by atoms with van der Waals surface area (Å²) in [6.45, 7) is 4.39. The Morgan fingerprint density at radius 2 is 1.80 bits per heavy atom. The minimum atomic E-state index is -3.62. The zero-order valence-electron chi connectivity index (χ0n) is 20.5. The summed E-state index contributed by atoms with van der Waals surface area (Å²) in [7, 11) is -2.00. The number of sulfonamides is 1. The van der Waals surface area contributed by atoms with E-state index in [1.54, 1.807) is 14.0 Å². The molecule has 1 fully saturated rings. The van der Waals surface area contributed by atoms with Crippen LogP contribution in [0.5, 0.6) is 5.75 Å². The van der Waals surface area contributed by atoms with Crippen molar-refractivity contribution in [2.45, 2.75) is 31.9 Å². The molecule has 1 aliphatic heterocycles. The Morgan fingerprint density at radius 1 is 1.06 bits per heavy atom. The van der Waals surface area contributed by atoms with Crippen molar-refractivity contribution in [1.82, 2.24) is 4.31 Å². The Bertz CT molecular complexity index is 1050. The number of nitrogens with zero attached hydrogens (tertiary/aromatic N) is 1. The van der Waals surface area contributed by atoms with Crippen LogP contribution in [0.2, 0.25) is 0 Å². The SMILES string of the molecule is CCOC(=O)CCc1ccc(-c2ccccc2)c(CS(=O)(=O)N2CCOCC2)c1OCCCOC. The van der Waals surface area contributed by atoms with E-state index in [2.05, 4.69) is 0 Å². The van der Waals surface area contributed by atoms with Gasteiger partial charge in [-0.05, 0) is 30.0 Å². The van der Waals surface area contributed by atoms with Gasteiger partial charge in [0.1, 0.15) is 5.75 Å². The van der Waals surface area contributed by atoms with Crippen LogP contribution in [0.1, 0.15) is 30.9 Å². The lowest BCUT2D eigenvalue weighted by Crippen LogP contribution is -2.41. The van der Waals surface area contributed by atoms with Crippen LogP contribution >= 0.6 is 0 Å². The van der Waals surface area contributed by atoms with Crippen molar-refractivity contribution in [2.24, 2.45) is 0 Å². The number of carbonyl (C=O) groups is 1. The Labute approximate surface area is 208 Å². The summed E-state index contributed by atoms with van der Waals surface area (Å²) in [5.41, 5.74) is 3.08. The number of carbonyl (C=O) groups excluding carboxylic acids is 1. The summed E-state index contributed by atoms with van der Waals surface area (Å²) in [5.74, 6) is 0.0143. The molecule has 1 heterocycles. The third kappa shape index (κ3) is 7.76. The molecule has 8 nitrogen and oxygen atoms in total. The molecule has 35 heavy (non-hydrogen) atoms. The Morgan fingerprint density at radius 3 is 2.49 bits per heavy atom. The molecule has 2 aromatic rings. The molecule has 0 saturated carbocycles. The number of esters is 1. The highest BCUT2D eigenvalue weighted by Crippen LogP contribution is 2.37. The van der Waals surface area contributed by atoms with Crippen molar-refractivity contribution in [3.05, 3.63) is 53.6 Å². The average molecular weight is 506 g/mol. The smallest absolute Gasteiger partial charge is 0.306 e. The first-order valence-corrected chi connectivity index (χ1v) is 13.6. The van der Waals surface area contributed by atoms with E-state index >= 15 is 0 Å². The van der Waals surface area contributed by atoms with E-state index < -0.39 is 10.0 Å². The van der Waals surface area contributed by atoms with Crippen LogP contribution < -0.4 is 4.74 Å². The predicted molar refractivity (Wildman–Crippen MR) is 134 cm³/mol. The van der Waals surface area contributed by atoms with E-state index in [9.17, 15) is 13.2 Å². The molecule has 0 radical (unpaired) electrons. The number of ether oxygens (including phenoxy) is 4. The molecule has 0 bridgehead atoms. The van der Waals surface area contributed by atoms with Crippen LogP contribution in [0, 0.1) is 0 Å². The highest BCUT2D eigenvalue weighted by molar-refractivity contribution is 7.88. The summed E-state index contributed by atoms with van der Waals surface area (Å²) in [5, 5.41) is 0. The maximum Gasteiger partial charge on any atom is 0.306 e. The first-order chi connectivity index (χ1) is 17.0. The van der Waals surface area contributed by atoms with Gasteiger partial charge in [0, 0.05) is 45.2 Å². The van der Waals surface area contributed by atoms with Gasteiger partial charge in [0.15, 0.2) is 0 Å². The van der Waals surface area contributed by atoms with Crippen molar-refractivity contribution in [2.75, 3.05) is 53.2 Å².